The molecule has 0 amide bonds. The Hall–Kier alpha value is -0.170. The molecule has 0 aromatic rings. The molecule has 0 aromatic heterocycles. The van der Waals surface area contributed by atoms with Crippen LogP contribution in [0.15, 0.2) is 0 Å². The van der Waals surface area contributed by atoms with Gasteiger partial charge in [0, 0.05) is 32.3 Å². The third-order valence-corrected chi connectivity index (χ3v) is 4.74. The maximum atomic E-state index is 12.1. The van der Waals surface area contributed by atoms with Crippen LogP contribution in [-0.4, -0.2) is 56.9 Å². The Morgan fingerprint density at radius 1 is 1.38 bits per heavy atom. The van der Waals surface area contributed by atoms with Crippen molar-refractivity contribution in [1.29, 1.82) is 0 Å². The highest BCUT2D eigenvalue weighted by Crippen LogP contribution is 2.11. The largest absolute Gasteiger partial charge is 0.381 e. The minimum atomic E-state index is -3.19. The normalized spacial score (nSPS) is 30.2. The molecule has 0 aliphatic carbocycles. The summed E-state index contributed by atoms with van der Waals surface area (Å²) in [7, 11) is -1.66. The van der Waals surface area contributed by atoms with Crippen LogP contribution in [0.3, 0.4) is 0 Å². The zero-order chi connectivity index (χ0) is 12.3. The molecule has 0 radical (unpaired) electrons. The lowest BCUT2D eigenvalue weighted by molar-refractivity contribution is 0.134. The van der Waals surface area contributed by atoms with E-state index in [-0.39, 0.29) is 23.9 Å². The average molecular weight is 250 g/mol. The fraction of sp³-hybridized carbons (Fsp3) is 1.00. The summed E-state index contributed by atoms with van der Waals surface area (Å²) in [4.78, 5) is 0. The zero-order valence-corrected chi connectivity index (χ0v) is 11.3. The van der Waals surface area contributed by atoms with Crippen LogP contribution >= 0.6 is 0 Å². The molecule has 0 aromatic carbocycles. The monoisotopic (exact) mass is 250 g/mol. The maximum absolute atomic E-state index is 12.1. The Morgan fingerprint density at radius 2 is 1.88 bits per heavy atom. The fourth-order valence-corrected chi connectivity index (χ4v) is 3.82. The van der Waals surface area contributed by atoms with E-state index in [0.717, 1.165) is 0 Å². The number of ether oxygens (including phenoxy) is 1. The molecule has 5 nitrogen and oxygen atoms in total. The zero-order valence-electron chi connectivity index (χ0n) is 10.4. The van der Waals surface area contributed by atoms with E-state index in [1.54, 1.807) is 11.2 Å². The number of piperazine rings is 1. The van der Waals surface area contributed by atoms with E-state index in [0.29, 0.717) is 13.1 Å². The second-order valence-electron chi connectivity index (χ2n) is 4.61. The highest BCUT2D eigenvalue weighted by atomic mass is 32.2. The summed E-state index contributed by atoms with van der Waals surface area (Å²) in [6.07, 6.45) is -0.259. The molecule has 96 valence electrons. The van der Waals surface area contributed by atoms with Crippen LogP contribution in [-0.2, 0) is 14.8 Å². The molecule has 1 aliphatic heterocycles. The van der Waals surface area contributed by atoms with Crippen molar-refractivity contribution in [2.24, 2.45) is 0 Å². The molecule has 1 fully saturated rings. The second kappa shape index (κ2) is 5.44. The summed E-state index contributed by atoms with van der Waals surface area (Å²) in [5.74, 6) is 0.0585. The van der Waals surface area contributed by atoms with Gasteiger partial charge >= 0.3 is 0 Å². The van der Waals surface area contributed by atoms with Gasteiger partial charge in [0.2, 0.25) is 10.0 Å². The van der Waals surface area contributed by atoms with E-state index < -0.39 is 10.0 Å². The van der Waals surface area contributed by atoms with Crippen molar-refractivity contribution < 1.29 is 13.2 Å². The Kier molecular flexibility index (Phi) is 4.73. The molecule has 0 spiro atoms. The van der Waals surface area contributed by atoms with Gasteiger partial charge in [0.25, 0.3) is 0 Å². The van der Waals surface area contributed by atoms with Gasteiger partial charge in [0.15, 0.2) is 0 Å². The van der Waals surface area contributed by atoms with Gasteiger partial charge in [-0.3, -0.25) is 0 Å². The Bertz CT molecular complexity index is 308. The molecule has 6 heteroatoms. The lowest BCUT2D eigenvalue weighted by atomic mass is 10.2. The van der Waals surface area contributed by atoms with E-state index >= 15 is 0 Å². The summed E-state index contributed by atoms with van der Waals surface area (Å²) in [6.45, 7) is 6.86. The van der Waals surface area contributed by atoms with E-state index in [9.17, 15) is 8.42 Å². The highest BCUT2D eigenvalue weighted by Gasteiger charge is 2.30. The molecule has 0 bridgehead atoms. The number of nitrogens with one attached hydrogen (secondary N) is 1. The number of hydrogen-bond donors (Lipinski definition) is 1. The molecule has 3 atom stereocenters. The molecule has 0 saturated carbocycles. The topological polar surface area (TPSA) is 58.6 Å². The van der Waals surface area contributed by atoms with Crippen molar-refractivity contribution in [3.8, 4) is 0 Å². The number of methoxy groups -OCH3 is 1. The van der Waals surface area contributed by atoms with Crippen LogP contribution < -0.4 is 5.32 Å². The summed E-state index contributed by atoms with van der Waals surface area (Å²) in [6, 6.07) is 0.410. The number of sulfonamides is 1. The van der Waals surface area contributed by atoms with Crippen LogP contribution in [0.2, 0.25) is 0 Å². The predicted octanol–water partition coefficient (Wildman–Crippen LogP) is 0.0333. The average Bonchev–Trinajstić information content (AvgIpc) is 2.15. The van der Waals surface area contributed by atoms with Gasteiger partial charge in [-0.2, -0.15) is 4.31 Å². The summed E-state index contributed by atoms with van der Waals surface area (Å²) >= 11 is 0. The minimum Gasteiger partial charge on any atom is -0.381 e. The molecular formula is C10H22N2O3S. The lowest BCUT2D eigenvalue weighted by Crippen LogP contribution is -2.56. The fourth-order valence-electron chi connectivity index (χ4n) is 1.97. The Balaban J connectivity index is 2.67. The van der Waals surface area contributed by atoms with E-state index in [1.807, 2.05) is 13.8 Å². The molecule has 1 saturated heterocycles. The van der Waals surface area contributed by atoms with Crippen LogP contribution in [0.5, 0.6) is 0 Å². The summed E-state index contributed by atoms with van der Waals surface area (Å²) < 4.78 is 30.7. The SMILES string of the molecule is COC(C)CS(=O)(=O)N1CC(C)NC(C)C1. The number of hydrogen-bond acceptors (Lipinski definition) is 4. The van der Waals surface area contributed by atoms with Crippen molar-refractivity contribution in [2.75, 3.05) is 26.0 Å². The standard InChI is InChI=1S/C10H22N2O3S/c1-8-5-12(6-9(2)11-8)16(13,14)7-10(3)15-4/h8-11H,5-7H2,1-4H3. The van der Waals surface area contributed by atoms with Crippen LogP contribution in [0.25, 0.3) is 0 Å². The first kappa shape index (κ1) is 13.9. The van der Waals surface area contributed by atoms with E-state index in [4.69, 9.17) is 4.74 Å². The Morgan fingerprint density at radius 3 is 2.31 bits per heavy atom. The second-order valence-corrected chi connectivity index (χ2v) is 6.62. The molecule has 1 heterocycles. The quantitative estimate of drug-likeness (QED) is 0.765. The van der Waals surface area contributed by atoms with Crippen molar-refractivity contribution in [2.45, 2.75) is 39.0 Å². The van der Waals surface area contributed by atoms with Crippen molar-refractivity contribution in [3.63, 3.8) is 0 Å². The van der Waals surface area contributed by atoms with Crippen molar-refractivity contribution in [3.05, 3.63) is 0 Å². The smallest absolute Gasteiger partial charge is 0.216 e. The number of rotatable bonds is 4. The van der Waals surface area contributed by atoms with Gasteiger partial charge in [0.1, 0.15) is 0 Å². The predicted molar refractivity (Wildman–Crippen MR) is 63.9 cm³/mol. The van der Waals surface area contributed by atoms with Crippen molar-refractivity contribution >= 4 is 10.0 Å². The first-order valence-corrected chi connectivity index (χ1v) is 7.22. The third-order valence-electron chi connectivity index (χ3n) is 2.77. The highest BCUT2D eigenvalue weighted by molar-refractivity contribution is 7.89. The van der Waals surface area contributed by atoms with E-state index in [2.05, 4.69) is 5.32 Å². The molecule has 1 rings (SSSR count). The minimum absolute atomic E-state index is 0.0585. The van der Waals surface area contributed by atoms with Crippen LogP contribution in [0.4, 0.5) is 0 Å². The lowest BCUT2D eigenvalue weighted by Gasteiger charge is -2.35. The summed E-state index contributed by atoms with van der Waals surface area (Å²) in [5, 5.41) is 3.31. The maximum Gasteiger partial charge on any atom is 0.216 e. The molecule has 1 N–H and O–H groups in total. The van der Waals surface area contributed by atoms with Crippen LogP contribution in [0, 0.1) is 0 Å². The van der Waals surface area contributed by atoms with Gasteiger partial charge in [-0.1, -0.05) is 0 Å². The van der Waals surface area contributed by atoms with Gasteiger partial charge in [0.05, 0.1) is 11.9 Å². The first-order valence-electron chi connectivity index (χ1n) is 5.62. The molecule has 16 heavy (non-hydrogen) atoms. The van der Waals surface area contributed by atoms with E-state index in [1.165, 1.54) is 7.11 Å². The summed E-state index contributed by atoms with van der Waals surface area (Å²) in [5.41, 5.74) is 0. The van der Waals surface area contributed by atoms with Crippen molar-refractivity contribution in [1.82, 2.24) is 9.62 Å². The Labute approximate surface area is 98.2 Å². The van der Waals surface area contributed by atoms with Crippen LogP contribution in [0.1, 0.15) is 20.8 Å². The molecule has 3 unspecified atom stereocenters. The number of nitrogens with zero attached hydrogens (tertiary/aromatic N) is 1. The van der Waals surface area contributed by atoms with Gasteiger partial charge in [-0.15, -0.1) is 0 Å². The van der Waals surface area contributed by atoms with Gasteiger partial charge < -0.3 is 10.1 Å². The first-order chi connectivity index (χ1) is 7.35. The molecular weight excluding hydrogens is 228 g/mol. The van der Waals surface area contributed by atoms with Gasteiger partial charge in [-0.05, 0) is 20.8 Å². The third kappa shape index (κ3) is 3.69. The van der Waals surface area contributed by atoms with Gasteiger partial charge in [-0.25, -0.2) is 8.42 Å². The molecule has 1 aliphatic rings.